The van der Waals surface area contributed by atoms with Gasteiger partial charge in [-0.1, -0.05) is 47.1 Å². The summed E-state index contributed by atoms with van der Waals surface area (Å²) in [4.78, 5) is 43.1. The fourth-order valence-electron chi connectivity index (χ4n) is 4.41. The van der Waals surface area contributed by atoms with E-state index in [4.69, 9.17) is 4.74 Å². The number of hydrogen-bond donors (Lipinski definition) is 1. The average molecular weight is 466 g/mol. The highest BCUT2D eigenvalue weighted by atomic mass is 16.5. The molecule has 3 atom stereocenters. The van der Waals surface area contributed by atoms with Gasteiger partial charge in [0.1, 0.15) is 6.04 Å². The van der Waals surface area contributed by atoms with Gasteiger partial charge in [-0.15, -0.1) is 0 Å². The van der Waals surface area contributed by atoms with E-state index in [0.717, 1.165) is 25.8 Å². The molecule has 1 saturated heterocycles. The van der Waals surface area contributed by atoms with Gasteiger partial charge in [0, 0.05) is 18.7 Å². The second kappa shape index (κ2) is 12.5. The molecule has 1 aliphatic heterocycles. The van der Waals surface area contributed by atoms with E-state index in [-0.39, 0.29) is 41.8 Å². The molecule has 7 heteroatoms. The number of rotatable bonds is 9. The third-order valence-electron chi connectivity index (χ3n) is 6.41. The molecular weight excluding hydrogens is 418 g/mol. The van der Waals surface area contributed by atoms with Crippen molar-refractivity contribution in [1.82, 2.24) is 15.1 Å². The Hall–Kier alpha value is -1.89. The van der Waals surface area contributed by atoms with Gasteiger partial charge >= 0.3 is 5.97 Å². The van der Waals surface area contributed by atoms with E-state index in [1.165, 1.54) is 0 Å². The van der Waals surface area contributed by atoms with Crippen LogP contribution in [0.3, 0.4) is 0 Å². The molecule has 0 radical (unpaired) electrons. The molecule has 0 aromatic heterocycles. The van der Waals surface area contributed by atoms with Crippen molar-refractivity contribution in [1.29, 1.82) is 0 Å². The van der Waals surface area contributed by atoms with Crippen LogP contribution in [0.4, 0.5) is 0 Å². The van der Waals surface area contributed by atoms with E-state index in [0.29, 0.717) is 12.2 Å². The van der Waals surface area contributed by atoms with Crippen molar-refractivity contribution >= 4 is 17.8 Å². The molecule has 0 aromatic rings. The smallest absolute Gasteiger partial charge is 0.333 e. The highest BCUT2D eigenvalue weighted by Crippen LogP contribution is 2.26. The number of piperidine rings is 1. The topological polar surface area (TPSA) is 79.0 Å². The lowest BCUT2D eigenvalue weighted by Crippen LogP contribution is -2.60. The average Bonchev–Trinajstić information content (AvgIpc) is 2.73. The number of nitrogens with zero attached hydrogens (tertiary/aromatic N) is 2. The van der Waals surface area contributed by atoms with Crippen molar-refractivity contribution in [3.8, 4) is 0 Å². The molecule has 33 heavy (non-hydrogen) atoms. The minimum absolute atomic E-state index is 0.0782. The quantitative estimate of drug-likeness (QED) is 0.414. The van der Waals surface area contributed by atoms with E-state index in [9.17, 15) is 14.4 Å². The fourth-order valence-corrected chi connectivity index (χ4v) is 4.41. The van der Waals surface area contributed by atoms with Gasteiger partial charge < -0.3 is 15.0 Å². The van der Waals surface area contributed by atoms with Crippen LogP contribution in [-0.4, -0.2) is 72.0 Å². The number of ether oxygens (including phenoxy) is 1. The summed E-state index contributed by atoms with van der Waals surface area (Å²) in [6, 6.07) is -0.920. The van der Waals surface area contributed by atoms with E-state index >= 15 is 0 Å². The molecule has 0 spiro atoms. The van der Waals surface area contributed by atoms with E-state index in [1.807, 2.05) is 34.6 Å². The lowest BCUT2D eigenvalue weighted by molar-refractivity contribution is -0.142. The van der Waals surface area contributed by atoms with Crippen LogP contribution in [0.2, 0.25) is 0 Å². The van der Waals surface area contributed by atoms with E-state index < -0.39 is 11.5 Å². The molecule has 0 aromatic carbocycles. The summed E-state index contributed by atoms with van der Waals surface area (Å²) >= 11 is 0. The van der Waals surface area contributed by atoms with Gasteiger partial charge in [0.05, 0.1) is 18.7 Å². The lowest BCUT2D eigenvalue weighted by atomic mass is 9.84. The van der Waals surface area contributed by atoms with Gasteiger partial charge in [-0.25, -0.2) is 4.79 Å². The minimum Gasteiger partial charge on any atom is -0.463 e. The van der Waals surface area contributed by atoms with Crippen molar-refractivity contribution in [2.45, 2.75) is 106 Å². The first-order valence-electron chi connectivity index (χ1n) is 12.4. The van der Waals surface area contributed by atoms with E-state index in [2.05, 4.69) is 24.1 Å². The second-order valence-corrected chi connectivity index (χ2v) is 10.9. The zero-order valence-corrected chi connectivity index (χ0v) is 22.5. The highest BCUT2D eigenvalue weighted by molar-refractivity contribution is 5.91. The number of likely N-dealkylation sites (tertiary alicyclic amines) is 1. The van der Waals surface area contributed by atoms with Crippen molar-refractivity contribution in [2.24, 2.45) is 11.3 Å². The van der Waals surface area contributed by atoms with Crippen LogP contribution in [0.5, 0.6) is 0 Å². The molecular formula is C26H47N3O4. The first-order valence-corrected chi connectivity index (χ1v) is 12.4. The van der Waals surface area contributed by atoms with Crippen molar-refractivity contribution < 1.29 is 19.1 Å². The van der Waals surface area contributed by atoms with Gasteiger partial charge in [-0.05, 0) is 58.4 Å². The molecule has 0 aliphatic carbocycles. The lowest BCUT2D eigenvalue weighted by Gasteiger charge is -2.41. The Labute approximate surface area is 201 Å². The summed E-state index contributed by atoms with van der Waals surface area (Å²) in [7, 11) is 1.74. The Balaban J connectivity index is 3.15. The highest BCUT2D eigenvalue weighted by Gasteiger charge is 2.39. The number of nitrogens with one attached hydrogen (secondary N) is 1. The van der Waals surface area contributed by atoms with Crippen LogP contribution >= 0.6 is 0 Å². The molecule has 0 saturated carbocycles. The number of carbonyl (C=O) groups excluding carboxylic acids is 3. The summed E-state index contributed by atoms with van der Waals surface area (Å²) in [5.41, 5.74) is 0.000989. The molecule has 2 amide bonds. The monoisotopic (exact) mass is 465 g/mol. The summed E-state index contributed by atoms with van der Waals surface area (Å²) < 4.78 is 5.10. The maximum atomic E-state index is 13.7. The van der Waals surface area contributed by atoms with Crippen LogP contribution in [0.25, 0.3) is 0 Å². The number of likely N-dealkylation sites (N-methyl/N-ethyl adjacent to an activating group) is 1. The molecule has 190 valence electrons. The summed E-state index contributed by atoms with van der Waals surface area (Å²) in [6.45, 7) is 18.8. The molecule has 7 nitrogen and oxygen atoms in total. The summed E-state index contributed by atoms with van der Waals surface area (Å²) in [5.74, 6) is -0.538. The third-order valence-corrected chi connectivity index (χ3v) is 6.41. The Morgan fingerprint density at radius 2 is 1.76 bits per heavy atom. The Morgan fingerprint density at radius 3 is 2.24 bits per heavy atom. The van der Waals surface area contributed by atoms with Crippen LogP contribution in [0.1, 0.15) is 81.6 Å². The van der Waals surface area contributed by atoms with Gasteiger partial charge in [0.2, 0.25) is 11.8 Å². The van der Waals surface area contributed by atoms with Crippen molar-refractivity contribution in [3.63, 3.8) is 0 Å². The second-order valence-electron chi connectivity index (χ2n) is 10.9. The van der Waals surface area contributed by atoms with E-state index in [1.54, 1.807) is 31.9 Å². The first-order chi connectivity index (χ1) is 15.2. The zero-order valence-electron chi connectivity index (χ0n) is 22.5. The van der Waals surface area contributed by atoms with Crippen molar-refractivity contribution in [3.05, 3.63) is 11.6 Å². The molecule has 1 unspecified atom stereocenters. The van der Waals surface area contributed by atoms with Crippen molar-refractivity contribution in [2.75, 3.05) is 20.2 Å². The molecule has 1 rings (SSSR count). The number of esters is 1. The third kappa shape index (κ3) is 8.13. The fraction of sp³-hybridized carbons (Fsp3) is 0.808. The van der Waals surface area contributed by atoms with Crippen LogP contribution in [0.15, 0.2) is 11.6 Å². The molecule has 0 bridgehead atoms. The SMILES string of the molecule is CCOC(=O)/C(C)=C/[C@@H](C(C)C)N(C)C(=O)C(NC(=O)[C@@H]1CCCCN1C(C)C)C(C)(C)C. The molecule has 1 fully saturated rings. The minimum atomic E-state index is -0.677. The Bertz CT molecular complexity index is 709. The van der Waals surface area contributed by atoms with Gasteiger partial charge in [0.25, 0.3) is 0 Å². The predicted octanol–water partition coefficient (Wildman–Crippen LogP) is 3.77. The summed E-state index contributed by atoms with van der Waals surface area (Å²) in [6.07, 6.45) is 4.71. The molecule has 1 aliphatic rings. The Kier molecular flexibility index (Phi) is 11.1. The first kappa shape index (κ1) is 29.1. The predicted molar refractivity (Wildman–Crippen MR) is 133 cm³/mol. The molecule has 1 N–H and O–H groups in total. The van der Waals surface area contributed by atoms with Crippen LogP contribution in [0, 0.1) is 11.3 Å². The van der Waals surface area contributed by atoms with Crippen LogP contribution in [-0.2, 0) is 19.1 Å². The maximum absolute atomic E-state index is 13.7. The zero-order chi connectivity index (χ0) is 25.5. The number of amides is 2. The molecule has 1 heterocycles. The number of hydrogen-bond acceptors (Lipinski definition) is 5. The Morgan fingerprint density at radius 1 is 1.15 bits per heavy atom. The normalized spacial score (nSPS) is 19.9. The largest absolute Gasteiger partial charge is 0.463 e. The maximum Gasteiger partial charge on any atom is 0.333 e. The number of carbonyl (C=O) groups is 3. The van der Waals surface area contributed by atoms with Gasteiger partial charge in [0.15, 0.2) is 0 Å². The van der Waals surface area contributed by atoms with Gasteiger partial charge in [-0.2, -0.15) is 0 Å². The summed E-state index contributed by atoms with van der Waals surface area (Å²) in [5, 5.41) is 3.10. The standard InChI is InChI=1S/C26H47N3O4/c1-11-33-25(32)19(6)16-21(17(2)3)28(10)24(31)22(26(7,8)9)27-23(30)20-14-12-13-15-29(20)18(4)5/h16-18,20-22H,11-15H2,1-10H3,(H,27,30)/b19-16+/t20-,21-,22?/m0/s1. The van der Waals surface area contributed by atoms with Gasteiger partial charge in [-0.3, -0.25) is 14.5 Å². The van der Waals surface area contributed by atoms with Crippen LogP contribution < -0.4 is 5.32 Å².